The van der Waals surface area contributed by atoms with Crippen molar-refractivity contribution in [3.8, 4) is 0 Å². The summed E-state index contributed by atoms with van der Waals surface area (Å²) in [6.07, 6.45) is 3.39. The number of carbonyl (C=O) groups is 1. The summed E-state index contributed by atoms with van der Waals surface area (Å²) in [5.41, 5.74) is 0. The lowest BCUT2D eigenvalue weighted by Crippen LogP contribution is -2.34. The number of carbonyl (C=O) groups excluding carboxylic acids is 1. The van der Waals surface area contributed by atoms with Crippen LogP contribution in [0.1, 0.15) is 26.2 Å². The van der Waals surface area contributed by atoms with E-state index in [0.717, 1.165) is 32.4 Å². The first-order valence-corrected chi connectivity index (χ1v) is 5.02. The van der Waals surface area contributed by atoms with E-state index in [1.807, 2.05) is 0 Å². The minimum Gasteiger partial charge on any atom is -0.316 e. The molecule has 1 aliphatic carbocycles. The van der Waals surface area contributed by atoms with E-state index in [1.54, 1.807) is 0 Å². The predicted molar refractivity (Wildman–Crippen MR) is 47.9 cm³/mol. The highest BCUT2D eigenvalue weighted by Crippen LogP contribution is 2.32. The Morgan fingerprint density at radius 2 is 2.00 bits per heavy atom. The second-order valence-corrected chi connectivity index (χ2v) is 4.37. The molecule has 12 heavy (non-hydrogen) atoms. The molecule has 2 unspecified atom stereocenters. The van der Waals surface area contributed by atoms with Gasteiger partial charge in [-0.15, -0.1) is 0 Å². The Morgan fingerprint density at radius 1 is 1.25 bits per heavy atom. The maximum absolute atomic E-state index is 11.7. The lowest BCUT2D eigenvalue weighted by atomic mass is 9.91. The molecular weight excluding hydrogens is 150 g/mol. The van der Waals surface area contributed by atoms with E-state index in [2.05, 4.69) is 12.2 Å². The minimum absolute atomic E-state index is 0.350. The van der Waals surface area contributed by atoms with E-state index in [9.17, 15) is 4.79 Å². The molecule has 2 aliphatic rings. The average Bonchev–Trinajstić information content (AvgIpc) is 2.39. The minimum atomic E-state index is 0.350. The van der Waals surface area contributed by atoms with Crippen LogP contribution in [-0.4, -0.2) is 18.9 Å². The number of fused-ring (bicyclic) bond motifs is 2. The third-order valence-electron chi connectivity index (χ3n) is 3.24. The average molecular weight is 167 g/mol. The van der Waals surface area contributed by atoms with Crippen molar-refractivity contribution < 1.29 is 4.79 Å². The van der Waals surface area contributed by atoms with Gasteiger partial charge in [0.15, 0.2) is 0 Å². The molecule has 2 heteroatoms. The Hall–Kier alpha value is -0.370. The van der Waals surface area contributed by atoms with Crippen LogP contribution >= 0.6 is 0 Å². The second kappa shape index (κ2) is 3.17. The molecule has 0 amide bonds. The summed E-state index contributed by atoms with van der Waals surface area (Å²) in [4.78, 5) is 11.7. The van der Waals surface area contributed by atoms with E-state index in [0.29, 0.717) is 23.5 Å². The summed E-state index contributed by atoms with van der Waals surface area (Å²) >= 11 is 0. The van der Waals surface area contributed by atoms with Crippen LogP contribution in [0, 0.1) is 17.8 Å². The fraction of sp³-hybridized carbons (Fsp3) is 0.900. The van der Waals surface area contributed by atoms with Crippen LogP contribution in [0.2, 0.25) is 0 Å². The standard InChI is InChI=1S/C10H17NO/c1-7-4-8-2-3-9(10(8)12)6-11-5-7/h7-9,11H,2-6H2,1H3/t7?,8-,9?/m1/s1. The van der Waals surface area contributed by atoms with Crippen molar-refractivity contribution in [1.82, 2.24) is 5.32 Å². The van der Waals surface area contributed by atoms with Crippen LogP contribution in [0.3, 0.4) is 0 Å². The maximum atomic E-state index is 11.7. The van der Waals surface area contributed by atoms with Gasteiger partial charge in [0.2, 0.25) is 0 Å². The highest BCUT2D eigenvalue weighted by Gasteiger charge is 2.35. The zero-order chi connectivity index (χ0) is 8.55. The third-order valence-corrected chi connectivity index (χ3v) is 3.24. The number of nitrogens with one attached hydrogen (secondary N) is 1. The Kier molecular flexibility index (Phi) is 2.18. The molecule has 0 aromatic carbocycles. The molecule has 0 aromatic rings. The van der Waals surface area contributed by atoms with E-state index in [1.165, 1.54) is 0 Å². The molecule has 2 rings (SSSR count). The molecule has 0 spiro atoms. The van der Waals surface area contributed by atoms with Gasteiger partial charge in [-0.3, -0.25) is 4.79 Å². The molecule has 0 radical (unpaired) electrons. The topological polar surface area (TPSA) is 29.1 Å². The van der Waals surface area contributed by atoms with Crippen molar-refractivity contribution in [2.24, 2.45) is 17.8 Å². The van der Waals surface area contributed by atoms with Crippen LogP contribution in [0.5, 0.6) is 0 Å². The Morgan fingerprint density at radius 3 is 2.83 bits per heavy atom. The van der Waals surface area contributed by atoms with E-state index in [4.69, 9.17) is 0 Å². The van der Waals surface area contributed by atoms with Gasteiger partial charge >= 0.3 is 0 Å². The molecule has 1 saturated carbocycles. The third kappa shape index (κ3) is 1.40. The zero-order valence-electron chi connectivity index (χ0n) is 7.68. The zero-order valence-corrected chi connectivity index (χ0v) is 7.68. The van der Waals surface area contributed by atoms with Gasteiger partial charge in [-0.2, -0.15) is 0 Å². The van der Waals surface area contributed by atoms with Crippen molar-refractivity contribution in [2.75, 3.05) is 13.1 Å². The highest BCUT2D eigenvalue weighted by molar-refractivity contribution is 5.85. The number of ketones is 1. The van der Waals surface area contributed by atoms with Crippen molar-refractivity contribution in [2.45, 2.75) is 26.2 Å². The maximum Gasteiger partial charge on any atom is 0.140 e. The Balaban J connectivity index is 2.08. The molecule has 2 nitrogen and oxygen atoms in total. The summed E-state index contributed by atoms with van der Waals surface area (Å²) in [5.74, 6) is 1.97. The summed E-state index contributed by atoms with van der Waals surface area (Å²) in [6, 6.07) is 0. The molecule has 1 heterocycles. The fourth-order valence-corrected chi connectivity index (χ4v) is 2.53. The number of hydrogen-bond acceptors (Lipinski definition) is 2. The molecular formula is C10H17NO. The first kappa shape index (κ1) is 8.24. The van der Waals surface area contributed by atoms with Gasteiger partial charge in [0.1, 0.15) is 5.78 Å². The van der Waals surface area contributed by atoms with Crippen LogP contribution in [0.15, 0.2) is 0 Å². The van der Waals surface area contributed by atoms with Crippen LogP contribution in [-0.2, 0) is 4.79 Å². The first-order valence-electron chi connectivity index (χ1n) is 5.02. The summed E-state index contributed by atoms with van der Waals surface area (Å²) in [6.45, 7) is 4.26. The Bertz CT molecular complexity index is 190. The second-order valence-electron chi connectivity index (χ2n) is 4.37. The van der Waals surface area contributed by atoms with Gasteiger partial charge in [-0.05, 0) is 31.7 Å². The lowest BCUT2D eigenvalue weighted by Gasteiger charge is -2.20. The fourth-order valence-electron chi connectivity index (χ4n) is 2.53. The van der Waals surface area contributed by atoms with Crippen molar-refractivity contribution in [1.29, 1.82) is 0 Å². The van der Waals surface area contributed by atoms with Crippen LogP contribution in [0.25, 0.3) is 0 Å². The van der Waals surface area contributed by atoms with Gasteiger partial charge in [0.25, 0.3) is 0 Å². The van der Waals surface area contributed by atoms with Crippen LogP contribution < -0.4 is 5.32 Å². The molecule has 1 N–H and O–H groups in total. The van der Waals surface area contributed by atoms with Crippen molar-refractivity contribution >= 4 is 5.78 Å². The largest absolute Gasteiger partial charge is 0.316 e. The predicted octanol–water partition coefficient (Wildman–Crippen LogP) is 1.21. The molecule has 3 atom stereocenters. The molecule has 2 fully saturated rings. The number of hydrogen-bond donors (Lipinski definition) is 1. The van der Waals surface area contributed by atoms with E-state index < -0.39 is 0 Å². The SMILES string of the molecule is CC1CNCC2CC[C@H](C1)C2=O. The smallest absolute Gasteiger partial charge is 0.140 e. The molecule has 0 aromatic heterocycles. The molecule has 1 aliphatic heterocycles. The van der Waals surface area contributed by atoms with Crippen molar-refractivity contribution in [3.05, 3.63) is 0 Å². The number of rotatable bonds is 0. The lowest BCUT2D eigenvalue weighted by molar-refractivity contribution is -0.124. The summed E-state index contributed by atoms with van der Waals surface area (Å²) < 4.78 is 0. The van der Waals surface area contributed by atoms with E-state index in [-0.39, 0.29) is 0 Å². The summed E-state index contributed by atoms with van der Waals surface area (Å²) in [5, 5.41) is 3.37. The van der Waals surface area contributed by atoms with Gasteiger partial charge in [-0.1, -0.05) is 6.92 Å². The van der Waals surface area contributed by atoms with Gasteiger partial charge < -0.3 is 5.32 Å². The molecule has 2 bridgehead atoms. The first-order chi connectivity index (χ1) is 5.77. The molecule has 68 valence electrons. The van der Waals surface area contributed by atoms with E-state index >= 15 is 0 Å². The quantitative estimate of drug-likeness (QED) is 0.587. The normalized spacial score (nSPS) is 42.4. The van der Waals surface area contributed by atoms with Gasteiger partial charge in [0.05, 0.1) is 0 Å². The highest BCUT2D eigenvalue weighted by atomic mass is 16.1. The monoisotopic (exact) mass is 167 g/mol. The Labute approximate surface area is 73.7 Å². The molecule has 1 saturated heterocycles. The van der Waals surface area contributed by atoms with Gasteiger partial charge in [0, 0.05) is 18.4 Å². The van der Waals surface area contributed by atoms with Crippen LogP contribution in [0.4, 0.5) is 0 Å². The van der Waals surface area contributed by atoms with Gasteiger partial charge in [-0.25, -0.2) is 0 Å². The van der Waals surface area contributed by atoms with Crippen molar-refractivity contribution in [3.63, 3.8) is 0 Å². The summed E-state index contributed by atoms with van der Waals surface area (Å²) in [7, 11) is 0. The number of Topliss-reactive ketones (excluding diaryl/α,β-unsaturated/α-hetero) is 1.